The van der Waals surface area contributed by atoms with E-state index >= 15 is 0 Å². The molecule has 5 nitrogen and oxygen atoms in total. The van der Waals surface area contributed by atoms with Crippen molar-refractivity contribution >= 4 is 16.8 Å². The molecule has 1 aromatic heterocycles. The first-order valence-corrected chi connectivity index (χ1v) is 6.89. The zero-order chi connectivity index (χ0) is 13.9. The van der Waals surface area contributed by atoms with Crippen molar-refractivity contribution in [2.45, 2.75) is 6.10 Å². The number of likely N-dealkylation sites (N-methyl/N-ethyl adjacent to an activating group) is 1. The lowest BCUT2D eigenvalue weighted by molar-refractivity contribution is 0.0104. The lowest BCUT2D eigenvalue weighted by atomic mass is 10.1. The van der Waals surface area contributed by atoms with Crippen molar-refractivity contribution in [3.8, 4) is 0 Å². The predicted octanol–water partition coefficient (Wildman–Crippen LogP) is 1.23. The summed E-state index contributed by atoms with van der Waals surface area (Å²) < 4.78 is 5.63. The first-order chi connectivity index (χ1) is 9.74. The lowest BCUT2D eigenvalue weighted by Crippen LogP contribution is -2.45. The number of ether oxygens (including phenoxy) is 1. The molecule has 1 fully saturated rings. The van der Waals surface area contributed by atoms with E-state index in [2.05, 4.69) is 10.3 Å². The molecule has 1 aromatic carbocycles. The molecule has 0 saturated carbocycles. The van der Waals surface area contributed by atoms with Gasteiger partial charge in [0.25, 0.3) is 5.91 Å². The number of hydrogen-bond donors (Lipinski definition) is 2. The summed E-state index contributed by atoms with van der Waals surface area (Å²) in [6.07, 6.45) is 1.96. The average molecular weight is 273 g/mol. The molecule has 2 N–H and O–H groups in total. The number of aromatic amines is 1. The van der Waals surface area contributed by atoms with Crippen LogP contribution in [0.2, 0.25) is 0 Å². The number of carbonyl (C=O) groups excluding carboxylic acids is 1. The molecule has 5 heteroatoms. The third-order valence-electron chi connectivity index (χ3n) is 3.63. The molecule has 0 aliphatic carbocycles. The van der Waals surface area contributed by atoms with Gasteiger partial charge < -0.3 is 19.9 Å². The summed E-state index contributed by atoms with van der Waals surface area (Å²) in [5.41, 5.74) is 1.76. The van der Waals surface area contributed by atoms with Crippen LogP contribution in [0, 0.1) is 0 Å². The number of carbonyl (C=O) groups is 1. The molecular formula is C15H19N3O2. The van der Waals surface area contributed by atoms with Crippen LogP contribution in [-0.4, -0.2) is 55.2 Å². The van der Waals surface area contributed by atoms with Crippen LogP contribution in [-0.2, 0) is 4.74 Å². The summed E-state index contributed by atoms with van der Waals surface area (Å²) in [5, 5.41) is 4.33. The second-order valence-electron chi connectivity index (χ2n) is 5.16. The fourth-order valence-corrected chi connectivity index (χ4v) is 2.53. The second-order valence-corrected chi connectivity index (χ2v) is 5.16. The SMILES string of the molecule is CN(CC1CNCCO1)C(=O)c1ccc2[nH]ccc2c1. The number of nitrogens with zero attached hydrogens (tertiary/aromatic N) is 1. The van der Waals surface area contributed by atoms with Gasteiger partial charge in [0, 0.05) is 49.3 Å². The van der Waals surface area contributed by atoms with Crippen molar-refractivity contribution in [3.63, 3.8) is 0 Å². The summed E-state index contributed by atoms with van der Waals surface area (Å²) in [6, 6.07) is 7.69. The molecule has 2 heterocycles. The number of morpholine rings is 1. The Morgan fingerprint density at radius 1 is 1.45 bits per heavy atom. The molecule has 2 aromatic rings. The van der Waals surface area contributed by atoms with Crippen molar-refractivity contribution in [3.05, 3.63) is 36.0 Å². The second kappa shape index (κ2) is 5.64. The number of rotatable bonds is 3. The number of hydrogen-bond acceptors (Lipinski definition) is 3. The van der Waals surface area contributed by atoms with E-state index in [1.54, 1.807) is 4.90 Å². The highest BCUT2D eigenvalue weighted by atomic mass is 16.5. The van der Waals surface area contributed by atoms with Gasteiger partial charge in [-0.05, 0) is 24.3 Å². The molecule has 0 radical (unpaired) electrons. The fourth-order valence-electron chi connectivity index (χ4n) is 2.53. The highest BCUT2D eigenvalue weighted by Crippen LogP contribution is 2.15. The number of H-pyrrole nitrogens is 1. The standard InChI is InChI=1S/C15H19N3O2/c1-18(10-13-9-16-6-7-20-13)15(19)12-2-3-14-11(8-12)4-5-17-14/h2-5,8,13,16-17H,6-7,9-10H2,1H3. The van der Waals surface area contributed by atoms with Gasteiger partial charge >= 0.3 is 0 Å². The minimum Gasteiger partial charge on any atom is -0.374 e. The monoisotopic (exact) mass is 273 g/mol. The number of benzene rings is 1. The van der Waals surface area contributed by atoms with Crippen LogP contribution in [0.5, 0.6) is 0 Å². The quantitative estimate of drug-likeness (QED) is 0.884. The smallest absolute Gasteiger partial charge is 0.253 e. The van der Waals surface area contributed by atoms with Crippen LogP contribution in [0.1, 0.15) is 10.4 Å². The molecule has 1 amide bonds. The van der Waals surface area contributed by atoms with Crippen molar-refractivity contribution in [1.29, 1.82) is 0 Å². The Bertz CT molecular complexity index is 602. The minimum absolute atomic E-state index is 0.0299. The maximum absolute atomic E-state index is 12.4. The van der Waals surface area contributed by atoms with Crippen LogP contribution < -0.4 is 5.32 Å². The molecule has 0 bridgehead atoms. The highest BCUT2D eigenvalue weighted by molar-refractivity contribution is 5.97. The van der Waals surface area contributed by atoms with Gasteiger partial charge in [-0.3, -0.25) is 4.79 Å². The highest BCUT2D eigenvalue weighted by Gasteiger charge is 2.19. The summed E-state index contributed by atoms with van der Waals surface area (Å²) in [6.45, 7) is 3.01. The lowest BCUT2D eigenvalue weighted by Gasteiger charge is -2.28. The zero-order valence-electron chi connectivity index (χ0n) is 11.6. The Hall–Kier alpha value is -1.85. The van der Waals surface area contributed by atoms with Gasteiger partial charge in [0.15, 0.2) is 0 Å². The van der Waals surface area contributed by atoms with Crippen LogP contribution in [0.4, 0.5) is 0 Å². The van der Waals surface area contributed by atoms with E-state index < -0.39 is 0 Å². The maximum atomic E-state index is 12.4. The molecule has 1 saturated heterocycles. The molecule has 20 heavy (non-hydrogen) atoms. The molecule has 0 spiro atoms. The number of nitrogens with one attached hydrogen (secondary N) is 2. The van der Waals surface area contributed by atoms with E-state index in [9.17, 15) is 4.79 Å². The number of fused-ring (bicyclic) bond motifs is 1. The Morgan fingerprint density at radius 2 is 2.35 bits per heavy atom. The van der Waals surface area contributed by atoms with E-state index in [1.807, 2.05) is 37.5 Å². The summed E-state index contributed by atoms with van der Waals surface area (Å²) in [5.74, 6) is 0.0299. The Morgan fingerprint density at radius 3 is 3.15 bits per heavy atom. The topological polar surface area (TPSA) is 57.4 Å². The average Bonchev–Trinajstić information content (AvgIpc) is 2.94. The van der Waals surface area contributed by atoms with E-state index in [4.69, 9.17) is 4.74 Å². The van der Waals surface area contributed by atoms with Gasteiger partial charge in [-0.25, -0.2) is 0 Å². The van der Waals surface area contributed by atoms with Gasteiger partial charge in [-0.15, -0.1) is 0 Å². The van der Waals surface area contributed by atoms with Crippen molar-refractivity contribution in [2.24, 2.45) is 0 Å². The molecule has 1 atom stereocenters. The fraction of sp³-hybridized carbons (Fsp3) is 0.400. The molecule has 1 aliphatic heterocycles. The normalized spacial score (nSPS) is 19.1. The van der Waals surface area contributed by atoms with E-state index in [0.717, 1.165) is 24.0 Å². The summed E-state index contributed by atoms with van der Waals surface area (Å²) in [7, 11) is 1.82. The third kappa shape index (κ3) is 2.69. The third-order valence-corrected chi connectivity index (χ3v) is 3.63. The van der Waals surface area contributed by atoms with E-state index in [-0.39, 0.29) is 12.0 Å². The zero-order valence-corrected chi connectivity index (χ0v) is 11.6. The Kier molecular flexibility index (Phi) is 3.71. The summed E-state index contributed by atoms with van der Waals surface area (Å²) >= 11 is 0. The first kappa shape index (κ1) is 13.1. The van der Waals surface area contributed by atoms with Gasteiger partial charge in [0.1, 0.15) is 0 Å². The van der Waals surface area contributed by atoms with Gasteiger partial charge in [0.2, 0.25) is 0 Å². The maximum Gasteiger partial charge on any atom is 0.253 e. The minimum atomic E-state index is 0.0299. The van der Waals surface area contributed by atoms with Gasteiger partial charge in [0.05, 0.1) is 12.7 Å². The van der Waals surface area contributed by atoms with Gasteiger partial charge in [-0.2, -0.15) is 0 Å². The number of aromatic nitrogens is 1. The summed E-state index contributed by atoms with van der Waals surface area (Å²) in [4.78, 5) is 17.3. The van der Waals surface area contributed by atoms with Crippen molar-refractivity contribution in [2.75, 3.05) is 33.3 Å². The van der Waals surface area contributed by atoms with Crippen LogP contribution in [0.25, 0.3) is 10.9 Å². The molecular weight excluding hydrogens is 254 g/mol. The number of amides is 1. The van der Waals surface area contributed by atoms with Crippen LogP contribution in [0.15, 0.2) is 30.5 Å². The first-order valence-electron chi connectivity index (χ1n) is 6.89. The Labute approximate surface area is 117 Å². The van der Waals surface area contributed by atoms with E-state index in [1.165, 1.54) is 0 Å². The predicted molar refractivity (Wildman–Crippen MR) is 77.9 cm³/mol. The molecule has 3 rings (SSSR count). The van der Waals surface area contributed by atoms with Crippen molar-refractivity contribution in [1.82, 2.24) is 15.2 Å². The Balaban J connectivity index is 1.70. The van der Waals surface area contributed by atoms with Gasteiger partial charge in [-0.1, -0.05) is 0 Å². The largest absolute Gasteiger partial charge is 0.374 e. The van der Waals surface area contributed by atoms with Crippen LogP contribution in [0.3, 0.4) is 0 Å². The molecule has 1 unspecified atom stereocenters. The van der Waals surface area contributed by atoms with E-state index in [0.29, 0.717) is 18.7 Å². The van der Waals surface area contributed by atoms with Crippen molar-refractivity contribution < 1.29 is 9.53 Å². The molecule has 1 aliphatic rings. The molecule has 106 valence electrons. The van der Waals surface area contributed by atoms with Crippen LogP contribution >= 0.6 is 0 Å².